The molecule has 36 heavy (non-hydrogen) atoms. The molecule has 0 radical (unpaired) electrons. The van der Waals surface area contributed by atoms with E-state index in [9.17, 15) is 13.2 Å². The van der Waals surface area contributed by atoms with Crippen LogP contribution in [0.25, 0.3) is 6.08 Å². The maximum absolute atomic E-state index is 12.8. The summed E-state index contributed by atoms with van der Waals surface area (Å²) in [6.07, 6.45) is 1.35. The molecule has 0 aromatic heterocycles. The Hall–Kier alpha value is -4.38. The number of rotatable bonds is 10. The van der Waals surface area contributed by atoms with Crippen molar-refractivity contribution >= 4 is 39.1 Å². The number of sulfonamides is 1. The normalized spacial score (nSPS) is 11.1. The van der Waals surface area contributed by atoms with Crippen LogP contribution in [0.3, 0.4) is 0 Å². The molecule has 0 unspecified atom stereocenters. The van der Waals surface area contributed by atoms with Crippen molar-refractivity contribution in [1.82, 2.24) is 0 Å². The number of benzene rings is 3. The summed E-state index contributed by atoms with van der Waals surface area (Å²) in [4.78, 5) is 12.6. The Kier molecular flexibility index (Phi) is 8.28. The second-order valence-electron chi connectivity index (χ2n) is 7.39. The number of amides is 1. The first kappa shape index (κ1) is 26.2. The summed E-state index contributed by atoms with van der Waals surface area (Å²) < 4.78 is 49.3. The van der Waals surface area contributed by atoms with Crippen LogP contribution in [0.15, 0.2) is 60.0 Å². The van der Waals surface area contributed by atoms with Gasteiger partial charge in [-0.05, 0) is 48.5 Å². The molecule has 1 amide bonds. The molecule has 11 heteroatoms. The van der Waals surface area contributed by atoms with Crippen LogP contribution in [0.4, 0.5) is 17.1 Å². The van der Waals surface area contributed by atoms with E-state index in [2.05, 4.69) is 10.0 Å². The van der Waals surface area contributed by atoms with Gasteiger partial charge in [-0.15, -0.1) is 0 Å². The van der Waals surface area contributed by atoms with E-state index in [-0.39, 0.29) is 11.4 Å². The Balaban J connectivity index is 1.85. The SMILES string of the molecule is COc1cc(OC)c(C=CS(=O)(=O)Nc2ccc(OC)c(NC(=O)c3ccc(N)cc3)c2)c(OC)c1. The summed E-state index contributed by atoms with van der Waals surface area (Å²) in [5.41, 5.74) is 7.48. The van der Waals surface area contributed by atoms with Gasteiger partial charge in [-0.1, -0.05) is 0 Å². The zero-order valence-electron chi connectivity index (χ0n) is 20.2. The number of nitrogens with two attached hydrogens (primary N) is 1. The highest BCUT2D eigenvalue weighted by Crippen LogP contribution is 2.35. The van der Waals surface area contributed by atoms with Gasteiger partial charge in [-0.2, -0.15) is 0 Å². The average molecular weight is 514 g/mol. The standard InChI is InChI=1S/C25H27N3O7S/c1-32-19-14-23(34-3)20(24(15-19)35-4)11-12-36(30,31)28-18-9-10-22(33-2)21(13-18)27-25(29)16-5-7-17(26)8-6-16/h5-15,28H,26H2,1-4H3,(H,27,29). The van der Waals surface area contributed by atoms with Gasteiger partial charge < -0.3 is 30.0 Å². The van der Waals surface area contributed by atoms with E-state index in [1.807, 2.05) is 0 Å². The Morgan fingerprint density at radius 2 is 1.44 bits per heavy atom. The molecule has 3 aromatic carbocycles. The number of methoxy groups -OCH3 is 4. The van der Waals surface area contributed by atoms with Crippen LogP contribution in [0, 0.1) is 0 Å². The van der Waals surface area contributed by atoms with Crippen molar-refractivity contribution in [3.63, 3.8) is 0 Å². The number of carbonyl (C=O) groups is 1. The Morgan fingerprint density at radius 3 is 2.00 bits per heavy atom. The van der Waals surface area contributed by atoms with Gasteiger partial charge in [0, 0.05) is 23.4 Å². The number of hydrogen-bond acceptors (Lipinski definition) is 8. The van der Waals surface area contributed by atoms with Gasteiger partial charge in [-0.25, -0.2) is 8.42 Å². The van der Waals surface area contributed by atoms with E-state index in [4.69, 9.17) is 24.7 Å². The molecule has 0 aliphatic carbocycles. The van der Waals surface area contributed by atoms with Crippen LogP contribution >= 0.6 is 0 Å². The molecular formula is C25H27N3O7S. The highest BCUT2D eigenvalue weighted by Gasteiger charge is 2.15. The fourth-order valence-electron chi connectivity index (χ4n) is 3.25. The van der Waals surface area contributed by atoms with Crippen molar-refractivity contribution in [2.24, 2.45) is 0 Å². The topological polar surface area (TPSA) is 138 Å². The van der Waals surface area contributed by atoms with Gasteiger partial charge in [0.1, 0.15) is 23.0 Å². The third-order valence-electron chi connectivity index (χ3n) is 5.05. The van der Waals surface area contributed by atoms with Gasteiger partial charge in [-0.3, -0.25) is 9.52 Å². The van der Waals surface area contributed by atoms with Crippen molar-refractivity contribution in [2.45, 2.75) is 0 Å². The minimum Gasteiger partial charge on any atom is -0.496 e. The lowest BCUT2D eigenvalue weighted by Gasteiger charge is -2.14. The molecule has 0 saturated heterocycles. The Morgan fingerprint density at radius 1 is 0.833 bits per heavy atom. The van der Waals surface area contributed by atoms with E-state index in [1.54, 1.807) is 36.4 Å². The van der Waals surface area contributed by atoms with Crippen LogP contribution in [-0.4, -0.2) is 42.8 Å². The summed E-state index contributed by atoms with van der Waals surface area (Å²) in [6, 6.07) is 14.1. The molecule has 0 aliphatic rings. The Bertz CT molecular complexity index is 1350. The molecule has 3 rings (SSSR count). The first-order valence-electron chi connectivity index (χ1n) is 10.6. The molecule has 0 aliphatic heterocycles. The minimum atomic E-state index is -3.96. The molecule has 10 nitrogen and oxygen atoms in total. The second kappa shape index (κ2) is 11.4. The molecule has 0 atom stereocenters. The molecule has 4 N–H and O–H groups in total. The average Bonchev–Trinajstić information content (AvgIpc) is 2.87. The fourth-order valence-corrected chi connectivity index (χ4v) is 4.09. The van der Waals surface area contributed by atoms with Crippen molar-refractivity contribution in [1.29, 1.82) is 0 Å². The third kappa shape index (κ3) is 6.39. The summed E-state index contributed by atoms with van der Waals surface area (Å²) >= 11 is 0. The Labute approximate surface area is 209 Å². The van der Waals surface area contributed by atoms with E-state index < -0.39 is 15.9 Å². The first-order chi connectivity index (χ1) is 17.2. The number of hydrogen-bond donors (Lipinski definition) is 3. The van der Waals surface area contributed by atoms with Gasteiger partial charge >= 0.3 is 0 Å². The molecule has 190 valence electrons. The fraction of sp³-hybridized carbons (Fsp3) is 0.160. The quantitative estimate of drug-likeness (QED) is 0.346. The van der Waals surface area contributed by atoms with E-state index in [1.165, 1.54) is 52.7 Å². The van der Waals surface area contributed by atoms with Crippen molar-refractivity contribution in [3.05, 3.63) is 71.1 Å². The molecule has 0 fully saturated rings. The van der Waals surface area contributed by atoms with Crippen molar-refractivity contribution < 1.29 is 32.2 Å². The third-order valence-corrected chi connectivity index (χ3v) is 6.06. The van der Waals surface area contributed by atoms with E-state index in [0.717, 1.165) is 5.41 Å². The number of ether oxygens (including phenoxy) is 4. The minimum absolute atomic E-state index is 0.210. The van der Waals surface area contributed by atoms with Gasteiger partial charge in [0.25, 0.3) is 15.9 Å². The summed E-state index contributed by atoms with van der Waals surface area (Å²) in [5.74, 6) is 1.18. The first-order valence-corrected chi connectivity index (χ1v) is 12.1. The monoisotopic (exact) mass is 513 g/mol. The smallest absolute Gasteiger partial charge is 0.255 e. The predicted octanol–water partition coefficient (Wildman–Crippen LogP) is 3.97. The predicted molar refractivity (Wildman–Crippen MR) is 139 cm³/mol. The van der Waals surface area contributed by atoms with Crippen LogP contribution in [-0.2, 0) is 10.0 Å². The van der Waals surface area contributed by atoms with Crippen molar-refractivity contribution in [2.75, 3.05) is 44.2 Å². The maximum Gasteiger partial charge on any atom is 0.255 e. The zero-order chi connectivity index (χ0) is 26.3. The summed E-state index contributed by atoms with van der Waals surface area (Å²) in [5, 5.41) is 3.70. The molecule has 0 spiro atoms. The van der Waals surface area contributed by atoms with Crippen LogP contribution in [0.1, 0.15) is 15.9 Å². The van der Waals surface area contributed by atoms with Crippen molar-refractivity contribution in [3.8, 4) is 23.0 Å². The second-order valence-corrected chi connectivity index (χ2v) is 8.95. The summed E-state index contributed by atoms with van der Waals surface area (Å²) in [7, 11) is 1.89. The lowest BCUT2D eigenvalue weighted by molar-refractivity contribution is 0.102. The lowest BCUT2D eigenvalue weighted by atomic mass is 10.1. The van der Waals surface area contributed by atoms with Gasteiger partial charge in [0.2, 0.25) is 0 Å². The van der Waals surface area contributed by atoms with Crippen LogP contribution < -0.4 is 34.7 Å². The number of carbonyl (C=O) groups excluding carboxylic acids is 1. The number of nitrogens with one attached hydrogen (secondary N) is 2. The number of nitrogen functional groups attached to an aromatic ring is 1. The van der Waals surface area contributed by atoms with E-state index in [0.29, 0.717) is 39.8 Å². The molecule has 0 saturated carbocycles. The van der Waals surface area contributed by atoms with Crippen LogP contribution in [0.5, 0.6) is 23.0 Å². The number of anilines is 3. The highest BCUT2D eigenvalue weighted by molar-refractivity contribution is 7.95. The van der Waals surface area contributed by atoms with Crippen LogP contribution in [0.2, 0.25) is 0 Å². The molecule has 0 bridgehead atoms. The highest BCUT2D eigenvalue weighted by atomic mass is 32.2. The lowest BCUT2D eigenvalue weighted by Crippen LogP contribution is -2.14. The van der Waals surface area contributed by atoms with Gasteiger partial charge in [0.15, 0.2) is 0 Å². The van der Waals surface area contributed by atoms with E-state index >= 15 is 0 Å². The summed E-state index contributed by atoms with van der Waals surface area (Å²) in [6.45, 7) is 0. The molecule has 3 aromatic rings. The largest absolute Gasteiger partial charge is 0.496 e. The molecule has 0 heterocycles. The van der Waals surface area contributed by atoms with Gasteiger partial charge in [0.05, 0.1) is 50.8 Å². The maximum atomic E-state index is 12.8. The molecular weight excluding hydrogens is 486 g/mol. The zero-order valence-corrected chi connectivity index (χ0v) is 21.0.